The highest BCUT2D eigenvalue weighted by Gasteiger charge is 2.30. The van der Waals surface area contributed by atoms with Crippen LogP contribution in [0.25, 0.3) is 0 Å². The van der Waals surface area contributed by atoms with E-state index in [1.165, 1.54) is 6.07 Å². The van der Waals surface area contributed by atoms with Gasteiger partial charge >= 0.3 is 6.18 Å². The van der Waals surface area contributed by atoms with Crippen LogP contribution in [0.1, 0.15) is 5.56 Å². The maximum atomic E-state index is 12.3. The van der Waals surface area contributed by atoms with Crippen LogP contribution < -0.4 is 4.90 Å². The van der Waals surface area contributed by atoms with E-state index in [0.29, 0.717) is 4.47 Å². The molecule has 1 nitrogen and oxygen atoms in total. The van der Waals surface area contributed by atoms with Gasteiger partial charge in [0.2, 0.25) is 0 Å². The van der Waals surface area contributed by atoms with Gasteiger partial charge in [-0.1, -0.05) is 0 Å². The average molecular weight is 268 g/mol. The van der Waals surface area contributed by atoms with Gasteiger partial charge in [-0.05, 0) is 34.1 Å². The summed E-state index contributed by atoms with van der Waals surface area (Å²) in [6, 6.07) is 3.59. The zero-order valence-corrected chi connectivity index (χ0v) is 9.28. The molecule has 0 atom stereocenters. The summed E-state index contributed by atoms with van der Waals surface area (Å²) in [5, 5.41) is 0. The molecule has 0 amide bonds. The smallest absolute Gasteiger partial charge is 0.377 e. The summed E-state index contributed by atoms with van der Waals surface area (Å²) >= 11 is 3.10. The van der Waals surface area contributed by atoms with Crippen molar-refractivity contribution in [3.05, 3.63) is 28.2 Å². The molecule has 0 bridgehead atoms. The van der Waals surface area contributed by atoms with Gasteiger partial charge in [0.1, 0.15) is 0 Å². The Labute approximate surface area is 88.7 Å². The molecule has 0 aromatic heterocycles. The van der Waals surface area contributed by atoms with Crippen LogP contribution in [0.5, 0.6) is 0 Å². The van der Waals surface area contributed by atoms with Crippen LogP contribution >= 0.6 is 15.9 Å². The average Bonchev–Trinajstić information content (AvgIpc) is 2.01. The standard InChI is InChI=1S/C9H9BrF3N/c1-14(2)8-4-3-6(5-7(8)10)9(11,12)13/h3-5H,1-2H3. The maximum absolute atomic E-state index is 12.3. The van der Waals surface area contributed by atoms with E-state index in [0.717, 1.165) is 17.8 Å². The van der Waals surface area contributed by atoms with Crippen molar-refractivity contribution in [3.8, 4) is 0 Å². The summed E-state index contributed by atoms with van der Waals surface area (Å²) in [6.45, 7) is 0. The first kappa shape index (κ1) is 11.4. The van der Waals surface area contributed by atoms with E-state index >= 15 is 0 Å². The Hall–Kier alpha value is -0.710. The lowest BCUT2D eigenvalue weighted by Gasteiger charge is -2.16. The van der Waals surface area contributed by atoms with E-state index in [9.17, 15) is 13.2 Å². The number of alkyl halides is 3. The molecule has 0 aliphatic rings. The lowest BCUT2D eigenvalue weighted by Crippen LogP contribution is -2.11. The van der Waals surface area contributed by atoms with Gasteiger partial charge in [0, 0.05) is 18.6 Å². The second-order valence-electron chi connectivity index (χ2n) is 3.06. The van der Waals surface area contributed by atoms with Gasteiger partial charge in [-0.15, -0.1) is 0 Å². The van der Waals surface area contributed by atoms with Gasteiger partial charge in [-0.25, -0.2) is 0 Å². The second kappa shape index (κ2) is 3.81. The number of hydrogen-bond acceptors (Lipinski definition) is 1. The van der Waals surface area contributed by atoms with Crippen molar-refractivity contribution >= 4 is 21.6 Å². The second-order valence-corrected chi connectivity index (χ2v) is 3.91. The Morgan fingerprint density at radius 3 is 2.14 bits per heavy atom. The zero-order valence-electron chi connectivity index (χ0n) is 7.69. The van der Waals surface area contributed by atoms with E-state index in [1.54, 1.807) is 19.0 Å². The molecule has 5 heteroatoms. The van der Waals surface area contributed by atoms with Crippen molar-refractivity contribution in [1.29, 1.82) is 0 Å². The SMILES string of the molecule is CN(C)c1ccc(C(F)(F)F)cc1Br. The number of hydrogen-bond donors (Lipinski definition) is 0. The van der Waals surface area contributed by atoms with E-state index in [-0.39, 0.29) is 0 Å². The van der Waals surface area contributed by atoms with Crippen molar-refractivity contribution in [2.24, 2.45) is 0 Å². The van der Waals surface area contributed by atoms with Crippen molar-refractivity contribution in [3.63, 3.8) is 0 Å². The molecule has 0 N–H and O–H groups in total. The molecule has 0 spiro atoms. The Kier molecular flexibility index (Phi) is 3.09. The molecule has 0 heterocycles. The third-order valence-corrected chi connectivity index (χ3v) is 2.39. The lowest BCUT2D eigenvalue weighted by atomic mass is 10.2. The molecule has 14 heavy (non-hydrogen) atoms. The molecule has 78 valence electrons. The fourth-order valence-corrected chi connectivity index (χ4v) is 1.78. The molecule has 1 aromatic rings. The molecular weight excluding hydrogens is 259 g/mol. The van der Waals surface area contributed by atoms with E-state index < -0.39 is 11.7 Å². The minimum Gasteiger partial charge on any atom is -0.377 e. The van der Waals surface area contributed by atoms with Crippen molar-refractivity contribution in [2.75, 3.05) is 19.0 Å². The number of benzene rings is 1. The molecule has 0 aliphatic heterocycles. The summed E-state index contributed by atoms with van der Waals surface area (Å²) < 4.78 is 37.2. The molecule has 0 fully saturated rings. The van der Waals surface area contributed by atoms with Crippen LogP contribution in [0, 0.1) is 0 Å². The Balaban J connectivity index is 3.13. The third-order valence-electron chi connectivity index (χ3n) is 1.76. The van der Waals surface area contributed by atoms with Crippen molar-refractivity contribution in [1.82, 2.24) is 0 Å². The fraction of sp³-hybridized carbons (Fsp3) is 0.333. The normalized spacial score (nSPS) is 11.6. The summed E-state index contributed by atoms with van der Waals surface area (Å²) in [7, 11) is 3.54. The van der Waals surface area contributed by atoms with Gasteiger partial charge < -0.3 is 4.90 Å². The zero-order chi connectivity index (χ0) is 10.9. The summed E-state index contributed by atoms with van der Waals surface area (Å²) in [6.07, 6.45) is -4.28. The minimum absolute atomic E-state index is 0.442. The maximum Gasteiger partial charge on any atom is 0.416 e. The predicted octanol–water partition coefficient (Wildman–Crippen LogP) is 3.53. The first-order valence-corrected chi connectivity index (χ1v) is 4.65. The number of halogens is 4. The summed E-state index contributed by atoms with van der Waals surface area (Å²) in [5.41, 5.74) is 0.0768. The van der Waals surface area contributed by atoms with E-state index in [4.69, 9.17) is 0 Å². The monoisotopic (exact) mass is 267 g/mol. The van der Waals surface area contributed by atoms with Crippen LogP contribution in [0.15, 0.2) is 22.7 Å². The first-order chi connectivity index (χ1) is 6.32. The molecule has 0 saturated heterocycles. The van der Waals surface area contributed by atoms with Crippen LogP contribution in [-0.2, 0) is 6.18 Å². The minimum atomic E-state index is -4.28. The first-order valence-electron chi connectivity index (χ1n) is 3.86. The number of anilines is 1. The number of nitrogens with zero attached hydrogens (tertiary/aromatic N) is 1. The Bertz CT molecular complexity index is 333. The van der Waals surface area contributed by atoms with Gasteiger partial charge in [0.15, 0.2) is 0 Å². The molecule has 1 aromatic carbocycles. The fourth-order valence-electron chi connectivity index (χ4n) is 1.05. The molecule has 0 aliphatic carbocycles. The quantitative estimate of drug-likeness (QED) is 0.753. The largest absolute Gasteiger partial charge is 0.416 e. The molecule has 1 rings (SSSR count). The van der Waals surface area contributed by atoms with E-state index in [2.05, 4.69) is 15.9 Å². The molecule has 0 saturated carbocycles. The van der Waals surface area contributed by atoms with Gasteiger partial charge in [-0.3, -0.25) is 0 Å². The van der Waals surface area contributed by atoms with Crippen LogP contribution in [0.2, 0.25) is 0 Å². The van der Waals surface area contributed by atoms with Crippen LogP contribution in [0.4, 0.5) is 18.9 Å². The third kappa shape index (κ3) is 2.41. The Morgan fingerprint density at radius 2 is 1.79 bits per heavy atom. The topological polar surface area (TPSA) is 3.24 Å². The summed E-state index contributed by atoms with van der Waals surface area (Å²) in [4.78, 5) is 1.74. The Morgan fingerprint density at radius 1 is 1.21 bits per heavy atom. The van der Waals surface area contributed by atoms with Crippen LogP contribution in [-0.4, -0.2) is 14.1 Å². The lowest BCUT2D eigenvalue weighted by molar-refractivity contribution is -0.137. The van der Waals surface area contributed by atoms with Gasteiger partial charge in [0.05, 0.1) is 11.3 Å². The van der Waals surface area contributed by atoms with Crippen LogP contribution in [0.3, 0.4) is 0 Å². The van der Waals surface area contributed by atoms with Gasteiger partial charge in [0.25, 0.3) is 0 Å². The summed E-state index contributed by atoms with van der Waals surface area (Å²) in [5.74, 6) is 0. The highest BCUT2D eigenvalue weighted by Crippen LogP contribution is 2.34. The highest BCUT2D eigenvalue weighted by atomic mass is 79.9. The molecule has 0 unspecified atom stereocenters. The molecule has 0 radical (unpaired) electrons. The van der Waals surface area contributed by atoms with Crippen molar-refractivity contribution < 1.29 is 13.2 Å². The van der Waals surface area contributed by atoms with E-state index in [1.807, 2.05) is 0 Å². The number of rotatable bonds is 1. The van der Waals surface area contributed by atoms with Crippen molar-refractivity contribution in [2.45, 2.75) is 6.18 Å². The molecular formula is C9H9BrF3N. The predicted molar refractivity (Wildman–Crippen MR) is 53.5 cm³/mol. The van der Waals surface area contributed by atoms with Gasteiger partial charge in [-0.2, -0.15) is 13.2 Å². The highest BCUT2D eigenvalue weighted by molar-refractivity contribution is 9.10.